The monoisotopic (exact) mass is 492 g/mol. The summed E-state index contributed by atoms with van der Waals surface area (Å²) >= 11 is 3.80. The average molecular weight is 492 g/mol. The molecular formula is C20H18F6N4O2S. The predicted octanol–water partition coefficient (Wildman–Crippen LogP) is 5.40. The van der Waals surface area contributed by atoms with Crippen LogP contribution in [0.15, 0.2) is 42.7 Å². The van der Waals surface area contributed by atoms with Gasteiger partial charge in [0.2, 0.25) is 0 Å². The highest BCUT2D eigenvalue weighted by Gasteiger charge is 2.42. The Labute approximate surface area is 190 Å². The zero-order valence-electron chi connectivity index (χ0n) is 16.8. The largest absolute Gasteiger partial charge is 0.418 e. The minimum absolute atomic E-state index is 0.0382. The van der Waals surface area contributed by atoms with Gasteiger partial charge in [-0.15, -0.1) is 0 Å². The second kappa shape index (κ2) is 9.49. The zero-order valence-corrected chi connectivity index (χ0v) is 17.7. The fourth-order valence-corrected chi connectivity index (χ4v) is 3.61. The van der Waals surface area contributed by atoms with Crippen molar-refractivity contribution in [3.8, 4) is 0 Å². The van der Waals surface area contributed by atoms with E-state index in [1.165, 1.54) is 35.5 Å². The number of alkyl halides is 6. The van der Waals surface area contributed by atoms with Gasteiger partial charge in [-0.25, -0.2) is 9.10 Å². The van der Waals surface area contributed by atoms with Crippen LogP contribution in [0.25, 0.3) is 0 Å². The summed E-state index contributed by atoms with van der Waals surface area (Å²) in [5.74, 6) is -2.40. The van der Waals surface area contributed by atoms with Crippen molar-refractivity contribution in [2.24, 2.45) is 5.92 Å². The third-order valence-electron chi connectivity index (χ3n) is 5.15. The molecule has 3 amide bonds. The van der Waals surface area contributed by atoms with Crippen LogP contribution in [0.2, 0.25) is 0 Å². The van der Waals surface area contributed by atoms with Crippen molar-refractivity contribution in [2.75, 3.05) is 23.3 Å². The van der Waals surface area contributed by atoms with E-state index in [2.05, 4.69) is 23.1 Å². The van der Waals surface area contributed by atoms with E-state index in [4.69, 9.17) is 0 Å². The molecule has 1 aromatic heterocycles. The van der Waals surface area contributed by atoms with Gasteiger partial charge in [0.25, 0.3) is 5.91 Å². The normalized spacial score (nSPS) is 15.3. The number of carbonyl (C=O) groups excluding carboxylic acids is 2. The molecule has 6 nitrogen and oxygen atoms in total. The number of halogens is 6. The number of nitrogens with one attached hydrogen (secondary N) is 1. The number of hydrogen-bond acceptors (Lipinski definition) is 5. The molecule has 3 rings (SSSR count). The predicted molar refractivity (Wildman–Crippen MR) is 111 cm³/mol. The summed E-state index contributed by atoms with van der Waals surface area (Å²) in [6, 6.07) is 4.66. The van der Waals surface area contributed by atoms with Crippen LogP contribution in [-0.4, -0.2) is 40.5 Å². The number of piperidine rings is 1. The van der Waals surface area contributed by atoms with E-state index in [9.17, 15) is 35.9 Å². The molecule has 0 unspecified atom stereocenters. The maximum atomic E-state index is 13.7. The maximum Gasteiger partial charge on any atom is 0.418 e. The Kier molecular flexibility index (Phi) is 7.10. The van der Waals surface area contributed by atoms with E-state index in [-0.39, 0.29) is 42.9 Å². The minimum Gasteiger partial charge on any atom is -0.371 e. The van der Waals surface area contributed by atoms with Crippen LogP contribution in [0.5, 0.6) is 0 Å². The van der Waals surface area contributed by atoms with Crippen LogP contribution in [0.1, 0.15) is 28.8 Å². The fourth-order valence-electron chi connectivity index (χ4n) is 3.44. The third-order valence-corrected chi connectivity index (χ3v) is 5.51. The fraction of sp³-hybridized carbons (Fsp3) is 0.350. The molecule has 0 aliphatic carbocycles. The standard InChI is InChI=1S/C20H18F6N4O2S/c21-19(22,23)13-5-8-29(9-6-13)16-4-3-14(10-15(16)20(24,25)26)28-18(32)30(33)17(31)12-2-1-7-27-11-12/h1-4,7,10-11,13,33H,5-6,8-9H2,(H,28,32). The molecular weight excluding hydrogens is 474 g/mol. The second-order valence-corrected chi connectivity index (χ2v) is 7.72. The first-order valence-corrected chi connectivity index (χ1v) is 10.0. The number of nitrogens with zero attached hydrogens (tertiary/aromatic N) is 3. The van der Waals surface area contributed by atoms with Gasteiger partial charge in [0.15, 0.2) is 0 Å². The molecule has 0 radical (unpaired) electrons. The van der Waals surface area contributed by atoms with Gasteiger partial charge in [0.05, 0.1) is 17.0 Å². The smallest absolute Gasteiger partial charge is 0.371 e. The quantitative estimate of drug-likeness (QED) is 0.445. The van der Waals surface area contributed by atoms with Crippen LogP contribution in [0.4, 0.5) is 42.5 Å². The molecule has 0 saturated carbocycles. The van der Waals surface area contributed by atoms with Crippen LogP contribution in [-0.2, 0) is 6.18 Å². The Morgan fingerprint density at radius 1 is 1.09 bits per heavy atom. The first kappa shape index (κ1) is 24.7. The van der Waals surface area contributed by atoms with Gasteiger partial charge >= 0.3 is 18.4 Å². The van der Waals surface area contributed by atoms with Crippen molar-refractivity contribution in [3.05, 3.63) is 53.9 Å². The van der Waals surface area contributed by atoms with Crippen LogP contribution in [0.3, 0.4) is 0 Å². The summed E-state index contributed by atoms with van der Waals surface area (Å²) in [4.78, 5) is 29.5. The van der Waals surface area contributed by atoms with E-state index < -0.39 is 35.8 Å². The van der Waals surface area contributed by atoms with Crippen molar-refractivity contribution in [1.82, 2.24) is 9.29 Å². The number of aromatic nitrogens is 1. The molecule has 178 valence electrons. The van der Waals surface area contributed by atoms with Gasteiger partial charge in [0, 0.05) is 36.9 Å². The van der Waals surface area contributed by atoms with Gasteiger partial charge in [-0.2, -0.15) is 26.3 Å². The lowest BCUT2D eigenvalue weighted by Gasteiger charge is -2.35. The van der Waals surface area contributed by atoms with Crippen molar-refractivity contribution < 1.29 is 35.9 Å². The molecule has 1 fully saturated rings. The molecule has 1 N–H and O–H groups in total. The molecule has 1 aliphatic rings. The highest BCUT2D eigenvalue weighted by atomic mass is 32.1. The highest BCUT2D eigenvalue weighted by molar-refractivity contribution is 7.79. The van der Waals surface area contributed by atoms with Gasteiger partial charge in [-0.3, -0.25) is 9.78 Å². The first-order valence-electron chi connectivity index (χ1n) is 9.65. The van der Waals surface area contributed by atoms with E-state index >= 15 is 0 Å². The number of amides is 3. The maximum absolute atomic E-state index is 13.7. The molecule has 0 bridgehead atoms. The van der Waals surface area contributed by atoms with E-state index in [0.29, 0.717) is 10.4 Å². The average Bonchev–Trinajstić information content (AvgIpc) is 2.77. The van der Waals surface area contributed by atoms with Crippen molar-refractivity contribution in [2.45, 2.75) is 25.2 Å². The minimum atomic E-state index is -4.83. The van der Waals surface area contributed by atoms with E-state index in [0.717, 1.165) is 6.07 Å². The Bertz CT molecular complexity index is 1010. The summed E-state index contributed by atoms with van der Waals surface area (Å²) in [5, 5.41) is 2.16. The van der Waals surface area contributed by atoms with Gasteiger partial charge in [-0.05, 0) is 43.2 Å². The molecule has 33 heavy (non-hydrogen) atoms. The summed E-state index contributed by atoms with van der Waals surface area (Å²) in [5.41, 5.74) is -1.62. The number of anilines is 2. The number of hydrogen-bond donors (Lipinski definition) is 2. The number of imide groups is 1. The van der Waals surface area contributed by atoms with Crippen LogP contribution >= 0.6 is 12.8 Å². The number of carbonyl (C=O) groups is 2. The molecule has 1 saturated heterocycles. The van der Waals surface area contributed by atoms with Crippen LogP contribution < -0.4 is 10.2 Å². The third kappa shape index (κ3) is 5.89. The molecule has 1 aliphatic heterocycles. The van der Waals surface area contributed by atoms with Crippen LogP contribution in [0, 0.1) is 5.92 Å². The van der Waals surface area contributed by atoms with Gasteiger partial charge < -0.3 is 10.2 Å². The first-order chi connectivity index (χ1) is 15.4. The summed E-state index contributed by atoms with van der Waals surface area (Å²) < 4.78 is 80.1. The Morgan fingerprint density at radius 2 is 1.76 bits per heavy atom. The van der Waals surface area contributed by atoms with Crippen molar-refractivity contribution >= 4 is 36.1 Å². The lowest BCUT2D eigenvalue weighted by Crippen LogP contribution is -2.39. The SMILES string of the molecule is O=C(Nc1ccc(N2CCC(C(F)(F)F)CC2)c(C(F)(F)F)c1)N(S)C(=O)c1cccnc1. The van der Waals surface area contributed by atoms with E-state index in [1.807, 2.05) is 0 Å². The lowest BCUT2D eigenvalue weighted by molar-refractivity contribution is -0.179. The number of urea groups is 1. The second-order valence-electron chi connectivity index (χ2n) is 7.32. The summed E-state index contributed by atoms with van der Waals surface area (Å²) in [6.45, 7) is -0.383. The highest BCUT2D eigenvalue weighted by Crippen LogP contribution is 2.41. The summed E-state index contributed by atoms with van der Waals surface area (Å²) in [7, 11) is 0. The summed E-state index contributed by atoms with van der Waals surface area (Å²) in [6.07, 6.45) is -7.25. The number of pyridine rings is 1. The molecule has 0 atom stereocenters. The number of thiol groups is 1. The Hall–Kier alpha value is -2.96. The Balaban J connectivity index is 1.77. The number of benzene rings is 1. The number of rotatable bonds is 3. The van der Waals surface area contributed by atoms with Crippen molar-refractivity contribution in [3.63, 3.8) is 0 Å². The lowest BCUT2D eigenvalue weighted by atomic mass is 9.95. The zero-order chi connectivity index (χ0) is 24.4. The van der Waals surface area contributed by atoms with E-state index in [1.54, 1.807) is 0 Å². The molecule has 13 heteroatoms. The molecule has 2 heterocycles. The van der Waals surface area contributed by atoms with Gasteiger partial charge in [-0.1, -0.05) is 12.8 Å². The Morgan fingerprint density at radius 3 is 2.30 bits per heavy atom. The topological polar surface area (TPSA) is 65.5 Å². The molecule has 1 aromatic carbocycles. The van der Waals surface area contributed by atoms with Crippen molar-refractivity contribution in [1.29, 1.82) is 0 Å². The van der Waals surface area contributed by atoms with Gasteiger partial charge in [0.1, 0.15) is 0 Å². The molecule has 0 spiro atoms. The molecule has 2 aromatic rings.